The Balaban J connectivity index is 1.90. The summed E-state index contributed by atoms with van der Waals surface area (Å²) in [5.41, 5.74) is 1.77. The van der Waals surface area contributed by atoms with E-state index in [2.05, 4.69) is 10.6 Å². The zero-order valence-corrected chi connectivity index (χ0v) is 11.7. The fourth-order valence-electron chi connectivity index (χ4n) is 2.58. The SMILES string of the molecule is COc1ccc(C2=NC3(CCNCC3)NC2=S)cc1. The number of benzene rings is 1. The second-order valence-electron chi connectivity index (χ2n) is 4.92. The summed E-state index contributed by atoms with van der Waals surface area (Å²) in [6, 6.07) is 7.89. The average Bonchev–Trinajstić information content (AvgIpc) is 2.76. The van der Waals surface area contributed by atoms with Crippen LogP contribution in [0.25, 0.3) is 0 Å². The van der Waals surface area contributed by atoms with E-state index < -0.39 is 0 Å². The molecule has 0 aliphatic carbocycles. The minimum absolute atomic E-state index is 0.183. The maximum Gasteiger partial charge on any atom is 0.133 e. The van der Waals surface area contributed by atoms with E-state index in [-0.39, 0.29) is 5.66 Å². The summed E-state index contributed by atoms with van der Waals surface area (Å²) in [4.78, 5) is 5.63. The summed E-state index contributed by atoms with van der Waals surface area (Å²) in [7, 11) is 1.66. The van der Waals surface area contributed by atoms with E-state index in [1.807, 2.05) is 24.3 Å². The molecule has 4 nitrogen and oxygen atoms in total. The average molecular weight is 275 g/mol. The fourth-order valence-corrected chi connectivity index (χ4v) is 2.94. The number of piperidine rings is 1. The predicted molar refractivity (Wildman–Crippen MR) is 80.1 cm³/mol. The Morgan fingerprint density at radius 3 is 2.53 bits per heavy atom. The Labute approximate surface area is 118 Å². The smallest absolute Gasteiger partial charge is 0.133 e. The van der Waals surface area contributed by atoms with E-state index in [0.717, 1.165) is 47.9 Å². The molecular weight excluding hydrogens is 258 g/mol. The monoisotopic (exact) mass is 275 g/mol. The van der Waals surface area contributed by atoms with Gasteiger partial charge in [0.1, 0.15) is 22.1 Å². The summed E-state index contributed by atoms with van der Waals surface area (Å²) in [5, 5.41) is 6.75. The molecule has 0 bridgehead atoms. The lowest BCUT2D eigenvalue weighted by atomic mass is 10.00. The lowest BCUT2D eigenvalue weighted by Gasteiger charge is -2.31. The van der Waals surface area contributed by atoms with Gasteiger partial charge in [-0.2, -0.15) is 0 Å². The van der Waals surface area contributed by atoms with E-state index >= 15 is 0 Å². The molecule has 5 heteroatoms. The molecule has 0 aromatic heterocycles. The van der Waals surface area contributed by atoms with Crippen molar-refractivity contribution in [3.63, 3.8) is 0 Å². The van der Waals surface area contributed by atoms with Crippen LogP contribution in [-0.2, 0) is 0 Å². The van der Waals surface area contributed by atoms with Crippen molar-refractivity contribution in [1.82, 2.24) is 10.6 Å². The van der Waals surface area contributed by atoms with Crippen LogP contribution in [0.3, 0.4) is 0 Å². The zero-order chi connectivity index (χ0) is 13.3. The second kappa shape index (κ2) is 4.90. The van der Waals surface area contributed by atoms with Crippen LogP contribution in [0.5, 0.6) is 5.75 Å². The van der Waals surface area contributed by atoms with Gasteiger partial charge in [0.25, 0.3) is 0 Å². The van der Waals surface area contributed by atoms with Crippen LogP contribution >= 0.6 is 12.2 Å². The first-order valence-electron chi connectivity index (χ1n) is 6.50. The normalized spacial score (nSPS) is 21.1. The quantitative estimate of drug-likeness (QED) is 0.803. The third-order valence-electron chi connectivity index (χ3n) is 3.68. The van der Waals surface area contributed by atoms with Crippen LogP contribution in [0.1, 0.15) is 18.4 Å². The third-order valence-corrected chi connectivity index (χ3v) is 3.98. The number of hydrogen-bond donors (Lipinski definition) is 2. The summed E-state index contributed by atoms with van der Waals surface area (Å²) in [6.45, 7) is 1.96. The molecule has 1 aromatic carbocycles. The maximum atomic E-state index is 5.44. The summed E-state index contributed by atoms with van der Waals surface area (Å²) in [6.07, 6.45) is 1.96. The molecule has 0 unspecified atom stereocenters. The van der Waals surface area contributed by atoms with Gasteiger partial charge in [0.15, 0.2) is 0 Å². The van der Waals surface area contributed by atoms with Crippen molar-refractivity contribution >= 4 is 22.9 Å². The molecule has 2 aliphatic heterocycles. The fraction of sp³-hybridized carbons (Fsp3) is 0.429. The minimum atomic E-state index is -0.183. The van der Waals surface area contributed by atoms with Gasteiger partial charge < -0.3 is 15.4 Å². The highest BCUT2D eigenvalue weighted by Gasteiger charge is 2.38. The first kappa shape index (κ1) is 12.6. The molecule has 1 spiro atoms. The molecule has 3 rings (SSSR count). The summed E-state index contributed by atoms with van der Waals surface area (Å²) >= 11 is 5.44. The molecule has 2 N–H and O–H groups in total. The van der Waals surface area contributed by atoms with Gasteiger partial charge in [0, 0.05) is 18.4 Å². The van der Waals surface area contributed by atoms with Gasteiger partial charge in [-0.25, -0.2) is 0 Å². The van der Waals surface area contributed by atoms with Crippen molar-refractivity contribution in [1.29, 1.82) is 0 Å². The number of hydrogen-bond acceptors (Lipinski definition) is 4. The predicted octanol–water partition coefficient (Wildman–Crippen LogP) is 1.49. The molecule has 19 heavy (non-hydrogen) atoms. The van der Waals surface area contributed by atoms with E-state index in [1.54, 1.807) is 7.11 Å². The zero-order valence-electron chi connectivity index (χ0n) is 10.9. The minimum Gasteiger partial charge on any atom is -0.497 e. The number of nitrogens with zero attached hydrogens (tertiary/aromatic N) is 1. The molecule has 2 heterocycles. The van der Waals surface area contributed by atoms with Gasteiger partial charge in [-0.15, -0.1) is 0 Å². The highest BCUT2D eigenvalue weighted by molar-refractivity contribution is 7.82. The topological polar surface area (TPSA) is 45.6 Å². The van der Waals surface area contributed by atoms with Crippen molar-refractivity contribution in [2.24, 2.45) is 4.99 Å². The molecule has 1 saturated heterocycles. The molecule has 1 aromatic rings. The van der Waals surface area contributed by atoms with Gasteiger partial charge in [-0.1, -0.05) is 12.2 Å². The summed E-state index contributed by atoms with van der Waals surface area (Å²) < 4.78 is 5.17. The number of thiocarbonyl (C=S) groups is 1. The van der Waals surface area contributed by atoms with Crippen LogP contribution in [0.4, 0.5) is 0 Å². The first-order chi connectivity index (χ1) is 9.22. The number of nitrogens with one attached hydrogen (secondary N) is 2. The first-order valence-corrected chi connectivity index (χ1v) is 6.91. The van der Waals surface area contributed by atoms with Crippen LogP contribution in [0.15, 0.2) is 29.3 Å². The highest BCUT2D eigenvalue weighted by atomic mass is 32.1. The second-order valence-corrected chi connectivity index (χ2v) is 5.33. The van der Waals surface area contributed by atoms with E-state index in [1.165, 1.54) is 0 Å². The molecule has 100 valence electrons. The Bertz CT molecular complexity index is 518. The maximum absolute atomic E-state index is 5.44. The van der Waals surface area contributed by atoms with Crippen molar-refractivity contribution < 1.29 is 4.74 Å². The highest BCUT2D eigenvalue weighted by Crippen LogP contribution is 2.27. The number of aliphatic imine (C=N–C) groups is 1. The number of rotatable bonds is 2. The molecular formula is C14H17N3OS. The molecule has 0 atom stereocenters. The Kier molecular flexibility index (Phi) is 3.24. The summed E-state index contributed by atoms with van der Waals surface area (Å²) in [5.74, 6) is 0.845. The van der Waals surface area contributed by atoms with Crippen LogP contribution in [0.2, 0.25) is 0 Å². The molecule has 2 aliphatic rings. The van der Waals surface area contributed by atoms with Crippen molar-refractivity contribution in [3.8, 4) is 5.75 Å². The Morgan fingerprint density at radius 1 is 1.21 bits per heavy atom. The van der Waals surface area contributed by atoms with Gasteiger partial charge in [-0.05, 0) is 37.4 Å². The van der Waals surface area contributed by atoms with Crippen LogP contribution in [-0.4, -0.2) is 36.6 Å². The standard InChI is InChI=1S/C14H17N3OS/c1-18-11-4-2-10(3-5-11)12-13(19)17-14(16-12)6-8-15-9-7-14/h2-5,15H,6-9H2,1H3,(H,17,19). The lowest BCUT2D eigenvalue weighted by Crippen LogP contribution is -2.49. The van der Waals surface area contributed by atoms with Crippen molar-refractivity contribution in [2.45, 2.75) is 18.5 Å². The Hall–Kier alpha value is -1.46. The van der Waals surface area contributed by atoms with Crippen molar-refractivity contribution in [2.75, 3.05) is 20.2 Å². The van der Waals surface area contributed by atoms with Gasteiger partial charge >= 0.3 is 0 Å². The molecule has 0 amide bonds. The van der Waals surface area contributed by atoms with Crippen molar-refractivity contribution in [3.05, 3.63) is 29.8 Å². The van der Waals surface area contributed by atoms with Crippen LogP contribution in [0, 0.1) is 0 Å². The van der Waals surface area contributed by atoms with Gasteiger partial charge in [0.05, 0.1) is 7.11 Å². The number of ether oxygens (including phenoxy) is 1. The molecule has 0 radical (unpaired) electrons. The lowest BCUT2D eigenvalue weighted by molar-refractivity contribution is 0.300. The van der Waals surface area contributed by atoms with E-state index in [0.29, 0.717) is 0 Å². The number of methoxy groups -OCH3 is 1. The van der Waals surface area contributed by atoms with Crippen LogP contribution < -0.4 is 15.4 Å². The molecule has 0 saturated carbocycles. The van der Waals surface area contributed by atoms with Gasteiger partial charge in [-0.3, -0.25) is 4.99 Å². The third kappa shape index (κ3) is 2.35. The van der Waals surface area contributed by atoms with E-state index in [4.69, 9.17) is 21.9 Å². The van der Waals surface area contributed by atoms with E-state index in [9.17, 15) is 0 Å². The molecule has 1 fully saturated rings. The Morgan fingerprint density at radius 2 is 1.89 bits per heavy atom. The largest absolute Gasteiger partial charge is 0.497 e. The van der Waals surface area contributed by atoms with Gasteiger partial charge in [0.2, 0.25) is 0 Å².